The van der Waals surface area contributed by atoms with E-state index in [0.717, 1.165) is 16.7 Å². The molecule has 0 unspecified atom stereocenters. The first-order valence-electron chi connectivity index (χ1n) is 8.02. The molecule has 0 aliphatic heterocycles. The Kier molecular flexibility index (Phi) is 4.86. The fourth-order valence-corrected chi connectivity index (χ4v) is 4.33. The standard InChI is InChI=1S/C20H20N2O2S/c1-16-9-11-19(12-10-16)22(15-18-7-5-13-21-14-18)25(23,24)20-8-4-3-6-17(20)2/h3-14H,15H2,1-2H3. The van der Waals surface area contributed by atoms with Crippen LogP contribution >= 0.6 is 0 Å². The zero-order valence-corrected chi connectivity index (χ0v) is 15.1. The van der Waals surface area contributed by atoms with E-state index in [1.807, 2.05) is 62.4 Å². The van der Waals surface area contributed by atoms with Crippen LogP contribution in [0, 0.1) is 13.8 Å². The second kappa shape index (κ2) is 7.07. The fourth-order valence-electron chi connectivity index (χ4n) is 2.65. The van der Waals surface area contributed by atoms with Gasteiger partial charge in [0.15, 0.2) is 0 Å². The molecule has 0 fully saturated rings. The van der Waals surface area contributed by atoms with Crippen molar-refractivity contribution in [1.29, 1.82) is 0 Å². The maximum absolute atomic E-state index is 13.3. The van der Waals surface area contributed by atoms with Crippen LogP contribution in [-0.4, -0.2) is 13.4 Å². The maximum atomic E-state index is 13.3. The first-order valence-corrected chi connectivity index (χ1v) is 9.46. The van der Waals surface area contributed by atoms with Crippen molar-refractivity contribution in [2.24, 2.45) is 0 Å². The van der Waals surface area contributed by atoms with Crippen LogP contribution in [0.15, 0.2) is 78.0 Å². The van der Waals surface area contributed by atoms with E-state index in [1.165, 1.54) is 4.31 Å². The molecule has 25 heavy (non-hydrogen) atoms. The Morgan fingerprint density at radius 2 is 1.64 bits per heavy atom. The molecule has 2 aromatic carbocycles. The lowest BCUT2D eigenvalue weighted by molar-refractivity contribution is 0.589. The minimum Gasteiger partial charge on any atom is -0.264 e. The minimum atomic E-state index is -3.69. The number of anilines is 1. The van der Waals surface area contributed by atoms with Crippen molar-refractivity contribution in [3.05, 3.63) is 89.7 Å². The molecule has 0 radical (unpaired) electrons. The smallest absolute Gasteiger partial charge is 0.264 e. The number of pyridine rings is 1. The third kappa shape index (κ3) is 3.72. The lowest BCUT2D eigenvalue weighted by atomic mass is 10.2. The molecule has 1 aromatic heterocycles. The van der Waals surface area contributed by atoms with Crippen LogP contribution in [0.5, 0.6) is 0 Å². The van der Waals surface area contributed by atoms with E-state index in [-0.39, 0.29) is 6.54 Å². The van der Waals surface area contributed by atoms with Gasteiger partial charge < -0.3 is 0 Å². The van der Waals surface area contributed by atoms with Gasteiger partial charge in [-0.15, -0.1) is 0 Å². The maximum Gasteiger partial charge on any atom is 0.264 e. The molecule has 0 N–H and O–H groups in total. The van der Waals surface area contributed by atoms with Gasteiger partial charge >= 0.3 is 0 Å². The topological polar surface area (TPSA) is 50.3 Å². The van der Waals surface area contributed by atoms with E-state index < -0.39 is 10.0 Å². The van der Waals surface area contributed by atoms with E-state index in [2.05, 4.69) is 4.98 Å². The average Bonchev–Trinajstić information content (AvgIpc) is 2.61. The van der Waals surface area contributed by atoms with Gasteiger partial charge in [-0.25, -0.2) is 8.42 Å². The third-order valence-corrected chi connectivity index (χ3v) is 5.97. The number of rotatable bonds is 5. The molecule has 128 valence electrons. The Labute approximate surface area is 148 Å². The van der Waals surface area contributed by atoms with Crippen LogP contribution in [0.1, 0.15) is 16.7 Å². The number of aryl methyl sites for hydroxylation is 2. The minimum absolute atomic E-state index is 0.230. The summed E-state index contributed by atoms with van der Waals surface area (Å²) in [6.45, 7) is 4.02. The molecule has 0 saturated carbocycles. The first kappa shape index (κ1) is 17.2. The Balaban J connectivity index is 2.10. The number of nitrogens with zero attached hydrogens (tertiary/aromatic N) is 2. The van der Waals surface area contributed by atoms with Crippen molar-refractivity contribution in [2.75, 3.05) is 4.31 Å². The molecule has 0 saturated heterocycles. The van der Waals surface area contributed by atoms with Gasteiger partial charge in [0, 0.05) is 12.4 Å². The van der Waals surface area contributed by atoms with Gasteiger partial charge in [0.2, 0.25) is 0 Å². The number of hydrogen-bond donors (Lipinski definition) is 0. The first-order chi connectivity index (χ1) is 12.0. The van der Waals surface area contributed by atoms with Crippen LogP contribution < -0.4 is 4.31 Å². The molecule has 0 atom stereocenters. The molecular weight excluding hydrogens is 332 g/mol. The van der Waals surface area contributed by atoms with Crippen molar-refractivity contribution in [2.45, 2.75) is 25.3 Å². The second-order valence-corrected chi connectivity index (χ2v) is 7.80. The van der Waals surface area contributed by atoms with Gasteiger partial charge in [-0.3, -0.25) is 9.29 Å². The van der Waals surface area contributed by atoms with E-state index in [9.17, 15) is 8.42 Å². The summed E-state index contributed by atoms with van der Waals surface area (Å²) in [5, 5.41) is 0. The molecule has 0 bridgehead atoms. The highest BCUT2D eigenvalue weighted by molar-refractivity contribution is 7.92. The summed E-state index contributed by atoms with van der Waals surface area (Å²) in [5.74, 6) is 0. The second-order valence-electron chi connectivity index (χ2n) is 5.97. The van der Waals surface area contributed by atoms with Gasteiger partial charge in [-0.05, 0) is 49.2 Å². The Morgan fingerprint density at radius 3 is 2.28 bits per heavy atom. The van der Waals surface area contributed by atoms with Crippen molar-refractivity contribution in [3.8, 4) is 0 Å². The van der Waals surface area contributed by atoms with E-state index in [1.54, 1.807) is 24.5 Å². The van der Waals surface area contributed by atoms with Crippen LogP contribution in [0.4, 0.5) is 5.69 Å². The largest absolute Gasteiger partial charge is 0.264 e. The van der Waals surface area contributed by atoms with Gasteiger partial charge in [-0.2, -0.15) is 0 Å². The highest BCUT2D eigenvalue weighted by Crippen LogP contribution is 2.27. The number of sulfonamides is 1. The normalized spacial score (nSPS) is 11.3. The lowest BCUT2D eigenvalue weighted by Gasteiger charge is -2.25. The van der Waals surface area contributed by atoms with E-state index in [4.69, 9.17) is 0 Å². The number of benzene rings is 2. The van der Waals surface area contributed by atoms with Gasteiger partial charge in [0.05, 0.1) is 17.1 Å². The lowest BCUT2D eigenvalue weighted by Crippen LogP contribution is -2.31. The summed E-state index contributed by atoms with van der Waals surface area (Å²) >= 11 is 0. The Hall–Kier alpha value is -2.66. The summed E-state index contributed by atoms with van der Waals surface area (Å²) < 4.78 is 28.1. The number of hydrogen-bond acceptors (Lipinski definition) is 3. The summed E-state index contributed by atoms with van der Waals surface area (Å²) in [6, 6.07) is 18.2. The van der Waals surface area contributed by atoms with Gasteiger partial charge in [0.25, 0.3) is 10.0 Å². The molecule has 3 aromatic rings. The van der Waals surface area contributed by atoms with Gasteiger partial charge in [0.1, 0.15) is 0 Å². The summed E-state index contributed by atoms with van der Waals surface area (Å²) in [4.78, 5) is 4.42. The summed E-state index contributed by atoms with van der Waals surface area (Å²) in [6.07, 6.45) is 3.37. The molecule has 3 rings (SSSR count). The molecule has 4 nitrogen and oxygen atoms in total. The number of aromatic nitrogens is 1. The fraction of sp³-hybridized carbons (Fsp3) is 0.150. The van der Waals surface area contributed by atoms with Crippen LogP contribution in [0.2, 0.25) is 0 Å². The van der Waals surface area contributed by atoms with Crippen LogP contribution in [0.25, 0.3) is 0 Å². The van der Waals surface area contributed by atoms with E-state index in [0.29, 0.717) is 10.6 Å². The molecule has 0 amide bonds. The highest BCUT2D eigenvalue weighted by atomic mass is 32.2. The third-order valence-electron chi connectivity index (χ3n) is 4.03. The summed E-state index contributed by atoms with van der Waals surface area (Å²) in [5.41, 5.74) is 3.28. The molecule has 0 spiro atoms. The van der Waals surface area contributed by atoms with Gasteiger partial charge in [-0.1, -0.05) is 42.0 Å². The van der Waals surface area contributed by atoms with Crippen LogP contribution in [0.3, 0.4) is 0 Å². The monoisotopic (exact) mass is 352 g/mol. The van der Waals surface area contributed by atoms with Crippen molar-refractivity contribution in [1.82, 2.24) is 4.98 Å². The Morgan fingerprint density at radius 1 is 0.920 bits per heavy atom. The van der Waals surface area contributed by atoms with Crippen LogP contribution in [-0.2, 0) is 16.6 Å². The highest BCUT2D eigenvalue weighted by Gasteiger charge is 2.26. The summed E-state index contributed by atoms with van der Waals surface area (Å²) in [7, 11) is -3.69. The molecule has 1 heterocycles. The van der Waals surface area contributed by atoms with E-state index >= 15 is 0 Å². The quantitative estimate of drug-likeness (QED) is 0.695. The molecular formula is C20H20N2O2S. The zero-order chi connectivity index (χ0) is 17.9. The zero-order valence-electron chi connectivity index (χ0n) is 14.3. The van der Waals surface area contributed by atoms with Crippen molar-refractivity contribution in [3.63, 3.8) is 0 Å². The Bertz CT molecular complexity index is 953. The molecule has 5 heteroatoms. The predicted octanol–water partition coefficient (Wildman–Crippen LogP) is 4.09. The SMILES string of the molecule is Cc1ccc(N(Cc2cccnc2)S(=O)(=O)c2ccccc2C)cc1. The van der Waals surface area contributed by atoms with Crippen molar-refractivity contribution >= 4 is 15.7 Å². The molecule has 0 aliphatic carbocycles. The predicted molar refractivity (Wildman–Crippen MR) is 100.0 cm³/mol. The van der Waals surface area contributed by atoms with Crippen molar-refractivity contribution < 1.29 is 8.42 Å². The molecule has 0 aliphatic rings. The average molecular weight is 352 g/mol.